The minimum Gasteiger partial charge on any atom is -0.369 e. The second-order valence-corrected chi connectivity index (χ2v) is 5.48. The Morgan fingerprint density at radius 2 is 1.79 bits per heavy atom. The lowest BCUT2D eigenvalue weighted by Gasteiger charge is -2.45. The van der Waals surface area contributed by atoms with E-state index in [0.29, 0.717) is 0 Å². The number of ether oxygens (including phenoxy) is 1. The molecule has 1 aromatic rings. The molecule has 1 amide bonds. The molecule has 2 aliphatic rings. The number of amides is 1. The summed E-state index contributed by atoms with van der Waals surface area (Å²) in [6, 6.07) is 10.5. The fourth-order valence-electron chi connectivity index (χ4n) is 3.00. The summed E-state index contributed by atoms with van der Waals surface area (Å²) in [5.74, 6) is 0.162. The third-order valence-electron chi connectivity index (χ3n) is 3.85. The van der Waals surface area contributed by atoms with Crippen LogP contribution in [0.2, 0.25) is 0 Å². The monoisotopic (exact) mass is 260 g/mol. The quantitative estimate of drug-likeness (QED) is 0.799. The van der Waals surface area contributed by atoms with Crippen LogP contribution in [0.15, 0.2) is 30.3 Å². The molecule has 0 saturated carbocycles. The molecule has 2 aliphatic heterocycles. The maximum atomic E-state index is 11.5. The zero-order chi connectivity index (χ0) is 13.2. The summed E-state index contributed by atoms with van der Waals surface area (Å²) >= 11 is 0. The summed E-state index contributed by atoms with van der Waals surface area (Å²) in [5, 5.41) is 0. The zero-order valence-corrected chi connectivity index (χ0v) is 11.3. The van der Waals surface area contributed by atoms with Gasteiger partial charge >= 0.3 is 0 Å². The van der Waals surface area contributed by atoms with Crippen LogP contribution in [0.5, 0.6) is 0 Å². The van der Waals surface area contributed by atoms with Crippen molar-refractivity contribution < 1.29 is 9.53 Å². The van der Waals surface area contributed by atoms with Crippen LogP contribution in [0.1, 0.15) is 12.5 Å². The van der Waals surface area contributed by atoms with Gasteiger partial charge in [-0.05, 0) is 5.56 Å². The van der Waals surface area contributed by atoms with Gasteiger partial charge in [0.25, 0.3) is 0 Å². The minimum atomic E-state index is 0.162. The molecule has 0 aliphatic carbocycles. The van der Waals surface area contributed by atoms with E-state index in [1.807, 2.05) is 11.0 Å². The van der Waals surface area contributed by atoms with E-state index >= 15 is 0 Å². The number of fused-ring (bicyclic) bond motifs is 2. The van der Waals surface area contributed by atoms with Gasteiger partial charge in [0.15, 0.2) is 0 Å². The van der Waals surface area contributed by atoms with Crippen molar-refractivity contribution >= 4 is 5.91 Å². The van der Waals surface area contributed by atoms with E-state index in [0.717, 1.165) is 32.7 Å². The van der Waals surface area contributed by atoms with E-state index in [1.165, 1.54) is 5.56 Å². The Bertz CT molecular complexity index is 435. The van der Waals surface area contributed by atoms with Gasteiger partial charge in [0.1, 0.15) is 0 Å². The van der Waals surface area contributed by atoms with Crippen LogP contribution in [-0.2, 0) is 16.1 Å². The van der Waals surface area contributed by atoms with Crippen LogP contribution < -0.4 is 0 Å². The number of hydrogen-bond donors (Lipinski definition) is 0. The SMILES string of the molecule is CC(=O)N1CC2CN(Cc3ccccc3)CC(C1)O2. The molecule has 2 heterocycles. The number of hydrogen-bond acceptors (Lipinski definition) is 3. The van der Waals surface area contributed by atoms with E-state index in [9.17, 15) is 4.79 Å². The number of carbonyl (C=O) groups excluding carboxylic acids is 1. The summed E-state index contributed by atoms with van der Waals surface area (Å²) in [5.41, 5.74) is 1.34. The van der Waals surface area contributed by atoms with E-state index in [4.69, 9.17) is 4.74 Å². The lowest BCUT2D eigenvalue weighted by molar-refractivity contribution is -0.159. The number of morpholine rings is 2. The minimum absolute atomic E-state index is 0.162. The fraction of sp³-hybridized carbons (Fsp3) is 0.533. The summed E-state index contributed by atoms with van der Waals surface area (Å²) in [6.45, 7) is 5.90. The molecule has 0 spiro atoms. The second kappa shape index (κ2) is 5.31. The summed E-state index contributed by atoms with van der Waals surface area (Å²) < 4.78 is 5.94. The van der Waals surface area contributed by atoms with Crippen molar-refractivity contribution in [1.82, 2.24) is 9.80 Å². The van der Waals surface area contributed by atoms with Gasteiger partial charge in [-0.1, -0.05) is 30.3 Å². The first kappa shape index (κ1) is 12.6. The highest BCUT2D eigenvalue weighted by Gasteiger charge is 2.35. The summed E-state index contributed by atoms with van der Waals surface area (Å²) in [6.07, 6.45) is 0.334. The van der Waals surface area contributed by atoms with Crippen molar-refractivity contribution in [3.05, 3.63) is 35.9 Å². The Balaban J connectivity index is 1.62. The smallest absolute Gasteiger partial charge is 0.219 e. The third-order valence-corrected chi connectivity index (χ3v) is 3.85. The molecule has 0 N–H and O–H groups in total. The third kappa shape index (κ3) is 2.96. The number of nitrogens with zero attached hydrogens (tertiary/aromatic N) is 2. The lowest BCUT2D eigenvalue weighted by Crippen LogP contribution is -2.59. The number of carbonyl (C=O) groups is 1. The van der Waals surface area contributed by atoms with E-state index in [1.54, 1.807) is 6.92 Å². The van der Waals surface area contributed by atoms with Crippen LogP contribution in [-0.4, -0.2) is 54.1 Å². The number of benzene rings is 1. The maximum Gasteiger partial charge on any atom is 0.219 e. The Hall–Kier alpha value is -1.39. The average molecular weight is 260 g/mol. The highest BCUT2D eigenvalue weighted by Crippen LogP contribution is 2.20. The topological polar surface area (TPSA) is 32.8 Å². The Labute approximate surface area is 113 Å². The predicted octanol–water partition coefficient (Wildman–Crippen LogP) is 1.12. The van der Waals surface area contributed by atoms with Gasteiger partial charge in [-0.25, -0.2) is 0 Å². The van der Waals surface area contributed by atoms with Crippen molar-refractivity contribution in [1.29, 1.82) is 0 Å². The van der Waals surface area contributed by atoms with Gasteiger partial charge in [-0.2, -0.15) is 0 Å². The van der Waals surface area contributed by atoms with Crippen LogP contribution in [0.4, 0.5) is 0 Å². The molecular weight excluding hydrogens is 240 g/mol. The average Bonchev–Trinajstić information content (AvgIpc) is 2.38. The van der Waals surface area contributed by atoms with Crippen molar-refractivity contribution in [2.45, 2.75) is 25.7 Å². The molecule has 0 aromatic heterocycles. The first-order valence-electron chi connectivity index (χ1n) is 6.88. The molecule has 2 unspecified atom stereocenters. The molecular formula is C15H20N2O2. The van der Waals surface area contributed by atoms with Crippen LogP contribution in [0.25, 0.3) is 0 Å². The maximum absolute atomic E-state index is 11.5. The molecule has 2 bridgehead atoms. The zero-order valence-electron chi connectivity index (χ0n) is 11.3. The molecule has 19 heavy (non-hydrogen) atoms. The summed E-state index contributed by atoms with van der Waals surface area (Å²) in [4.78, 5) is 15.8. The second-order valence-electron chi connectivity index (χ2n) is 5.48. The van der Waals surface area contributed by atoms with E-state index in [2.05, 4.69) is 29.2 Å². The van der Waals surface area contributed by atoms with Crippen LogP contribution >= 0.6 is 0 Å². The van der Waals surface area contributed by atoms with Gasteiger partial charge < -0.3 is 9.64 Å². The van der Waals surface area contributed by atoms with Gasteiger partial charge in [-0.3, -0.25) is 9.69 Å². The molecule has 4 heteroatoms. The molecule has 4 nitrogen and oxygen atoms in total. The molecule has 0 radical (unpaired) electrons. The standard InChI is InChI=1S/C15H20N2O2/c1-12(18)17-10-14-8-16(9-15(11-17)19-14)7-13-5-3-2-4-6-13/h2-6,14-15H,7-11H2,1H3. The molecule has 2 saturated heterocycles. The first-order chi connectivity index (χ1) is 9.20. The van der Waals surface area contributed by atoms with Crippen molar-refractivity contribution in [3.8, 4) is 0 Å². The van der Waals surface area contributed by atoms with Crippen molar-refractivity contribution in [3.63, 3.8) is 0 Å². The highest BCUT2D eigenvalue weighted by molar-refractivity contribution is 5.73. The van der Waals surface area contributed by atoms with Gasteiger partial charge in [-0.15, -0.1) is 0 Å². The molecule has 3 rings (SSSR count). The molecule has 1 aromatic carbocycles. The lowest BCUT2D eigenvalue weighted by atomic mass is 10.1. The molecule has 102 valence electrons. The normalized spacial score (nSPS) is 27.3. The van der Waals surface area contributed by atoms with Gasteiger partial charge in [0, 0.05) is 39.6 Å². The van der Waals surface area contributed by atoms with Crippen LogP contribution in [0, 0.1) is 0 Å². The van der Waals surface area contributed by atoms with Crippen molar-refractivity contribution in [2.24, 2.45) is 0 Å². The highest BCUT2D eigenvalue weighted by atomic mass is 16.5. The number of rotatable bonds is 2. The first-order valence-corrected chi connectivity index (χ1v) is 6.88. The molecule has 2 atom stereocenters. The van der Waals surface area contributed by atoms with Gasteiger partial charge in [0.2, 0.25) is 5.91 Å². The van der Waals surface area contributed by atoms with Crippen LogP contribution in [0.3, 0.4) is 0 Å². The summed E-state index contributed by atoms with van der Waals surface area (Å²) in [7, 11) is 0. The fourth-order valence-corrected chi connectivity index (χ4v) is 3.00. The molecule has 2 fully saturated rings. The van der Waals surface area contributed by atoms with E-state index < -0.39 is 0 Å². The Morgan fingerprint density at radius 1 is 1.16 bits per heavy atom. The Kier molecular flexibility index (Phi) is 3.53. The van der Waals surface area contributed by atoms with E-state index in [-0.39, 0.29) is 18.1 Å². The van der Waals surface area contributed by atoms with Crippen molar-refractivity contribution in [2.75, 3.05) is 26.2 Å². The van der Waals surface area contributed by atoms with Gasteiger partial charge in [0.05, 0.1) is 12.2 Å². The Morgan fingerprint density at radius 3 is 2.37 bits per heavy atom. The largest absolute Gasteiger partial charge is 0.369 e. The predicted molar refractivity (Wildman–Crippen MR) is 72.6 cm³/mol.